The van der Waals surface area contributed by atoms with Crippen LogP contribution >= 0.6 is 0 Å². The molecule has 1 unspecified atom stereocenters. The normalized spacial score (nSPS) is 11.4. The number of rotatable bonds is 11. The summed E-state index contributed by atoms with van der Waals surface area (Å²) >= 11 is 0. The maximum Gasteiger partial charge on any atom is 0.176 e. The average molecular weight is 325 g/mol. The summed E-state index contributed by atoms with van der Waals surface area (Å²) in [5, 5.41) is 9.22. The van der Waals surface area contributed by atoms with Gasteiger partial charge in [0.2, 0.25) is 0 Å². The first kappa shape index (κ1) is 20.3. The molecule has 0 aliphatic rings. The van der Waals surface area contributed by atoms with Crippen molar-refractivity contribution in [1.82, 2.24) is 0 Å². The van der Waals surface area contributed by atoms with Crippen LogP contribution in [0.5, 0.6) is 0 Å². The molecule has 0 radical (unpaired) electrons. The lowest BCUT2D eigenvalue weighted by Gasteiger charge is -2.03. The van der Waals surface area contributed by atoms with Gasteiger partial charge in [0.05, 0.1) is 0 Å². The van der Waals surface area contributed by atoms with Crippen molar-refractivity contribution in [2.45, 2.75) is 83.7 Å². The highest BCUT2D eigenvalue weighted by molar-refractivity contribution is 5.38. The SMILES string of the molecule is C#CC(O)C#Cc1ccc(CCCCCCCCCCCC)cc1. The van der Waals surface area contributed by atoms with Crippen LogP contribution < -0.4 is 0 Å². The molecule has 0 saturated heterocycles. The van der Waals surface area contributed by atoms with E-state index in [-0.39, 0.29) is 0 Å². The highest BCUT2D eigenvalue weighted by Gasteiger charge is 1.96. The van der Waals surface area contributed by atoms with E-state index in [0.29, 0.717) is 0 Å². The van der Waals surface area contributed by atoms with E-state index < -0.39 is 6.10 Å². The standard InChI is InChI=1S/C23H32O/c1-3-5-6-7-8-9-10-11-12-13-14-21-15-17-22(18-16-21)19-20-23(24)4-2/h2,15-18,23-24H,3,5-14H2,1H3. The Morgan fingerprint density at radius 2 is 1.42 bits per heavy atom. The summed E-state index contributed by atoms with van der Waals surface area (Å²) in [6.07, 6.45) is 19.0. The summed E-state index contributed by atoms with van der Waals surface area (Å²) in [6, 6.07) is 8.25. The first-order chi connectivity index (χ1) is 11.8. The van der Waals surface area contributed by atoms with Crippen LogP contribution in [-0.4, -0.2) is 11.2 Å². The number of terminal acetylenes is 1. The first-order valence-corrected chi connectivity index (χ1v) is 9.51. The lowest BCUT2D eigenvalue weighted by Crippen LogP contribution is -1.96. The van der Waals surface area contributed by atoms with Crippen molar-refractivity contribution in [1.29, 1.82) is 0 Å². The number of hydrogen-bond acceptors (Lipinski definition) is 1. The van der Waals surface area contributed by atoms with Crippen LogP contribution in [0.1, 0.15) is 82.3 Å². The van der Waals surface area contributed by atoms with Crippen molar-refractivity contribution in [3.05, 3.63) is 35.4 Å². The minimum absolute atomic E-state index is 0.899. The number of aliphatic hydroxyl groups is 1. The smallest absolute Gasteiger partial charge is 0.176 e. The third-order valence-electron chi connectivity index (χ3n) is 4.28. The number of benzene rings is 1. The molecule has 130 valence electrons. The third-order valence-corrected chi connectivity index (χ3v) is 4.28. The molecule has 1 aromatic carbocycles. The van der Waals surface area contributed by atoms with E-state index in [1.54, 1.807) is 0 Å². The van der Waals surface area contributed by atoms with Gasteiger partial charge >= 0.3 is 0 Å². The lowest BCUT2D eigenvalue weighted by atomic mass is 10.0. The molecule has 1 atom stereocenters. The van der Waals surface area contributed by atoms with Gasteiger partial charge in [-0.15, -0.1) is 6.42 Å². The molecule has 0 amide bonds. The maximum absolute atomic E-state index is 9.22. The molecule has 1 aromatic rings. The van der Waals surface area contributed by atoms with E-state index in [1.165, 1.54) is 69.8 Å². The van der Waals surface area contributed by atoms with E-state index in [4.69, 9.17) is 6.42 Å². The minimum Gasteiger partial charge on any atom is -0.369 e. The summed E-state index contributed by atoms with van der Waals surface area (Å²) in [6.45, 7) is 2.27. The van der Waals surface area contributed by atoms with E-state index in [1.807, 2.05) is 12.1 Å². The molecule has 0 heterocycles. The van der Waals surface area contributed by atoms with E-state index in [9.17, 15) is 5.11 Å². The van der Waals surface area contributed by atoms with Gasteiger partial charge in [0, 0.05) is 5.56 Å². The lowest BCUT2D eigenvalue weighted by molar-refractivity contribution is 0.290. The van der Waals surface area contributed by atoms with Crippen LogP contribution in [0, 0.1) is 24.2 Å². The predicted octanol–water partition coefficient (Wildman–Crippen LogP) is 5.50. The van der Waals surface area contributed by atoms with Gasteiger partial charge in [0.25, 0.3) is 0 Å². The molecule has 0 aliphatic carbocycles. The molecule has 0 fully saturated rings. The summed E-state index contributed by atoms with van der Waals surface area (Å²) in [5.41, 5.74) is 2.26. The Morgan fingerprint density at radius 3 is 1.96 bits per heavy atom. The van der Waals surface area contributed by atoms with Crippen LogP contribution in [0.15, 0.2) is 24.3 Å². The highest BCUT2D eigenvalue weighted by Crippen LogP contribution is 2.13. The second-order valence-electron chi connectivity index (χ2n) is 6.47. The first-order valence-electron chi connectivity index (χ1n) is 9.51. The van der Waals surface area contributed by atoms with Gasteiger partial charge in [0.1, 0.15) is 0 Å². The van der Waals surface area contributed by atoms with E-state index in [0.717, 1.165) is 12.0 Å². The zero-order valence-electron chi connectivity index (χ0n) is 15.2. The van der Waals surface area contributed by atoms with Crippen molar-refractivity contribution in [3.8, 4) is 24.2 Å². The minimum atomic E-state index is -0.976. The van der Waals surface area contributed by atoms with Gasteiger partial charge in [-0.3, -0.25) is 0 Å². The van der Waals surface area contributed by atoms with Crippen LogP contribution in [0.25, 0.3) is 0 Å². The van der Waals surface area contributed by atoms with Crippen molar-refractivity contribution >= 4 is 0 Å². The van der Waals surface area contributed by atoms with Crippen LogP contribution in [-0.2, 0) is 6.42 Å². The Labute approximate surface area is 148 Å². The molecule has 0 aromatic heterocycles. The van der Waals surface area contributed by atoms with Gasteiger partial charge < -0.3 is 5.11 Å². The number of unbranched alkanes of at least 4 members (excludes halogenated alkanes) is 9. The van der Waals surface area contributed by atoms with Gasteiger partial charge in [-0.05, 0) is 30.5 Å². The van der Waals surface area contributed by atoms with Gasteiger partial charge in [0.15, 0.2) is 6.10 Å². The van der Waals surface area contributed by atoms with Gasteiger partial charge in [-0.25, -0.2) is 0 Å². The van der Waals surface area contributed by atoms with Crippen LogP contribution in [0.4, 0.5) is 0 Å². The molecule has 1 N–H and O–H groups in total. The monoisotopic (exact) mass is 324 g/mol. The molecule has 1 nitrogen and oxygen atoms in total. The third kappa shape index (κ3) is 10.1. The number of aliphatic hydroxyl groups excluding tert-OH is 1. The van der Waals surface area contributed by atoms with Crippen molar-refractivity contribution in [2.75, 3.05) is 0 Å². The van der Waals surface area contributed by atoms with Crippen molar-refractivity contribution in [2.24, 2.45) is 0 Å². The molecule has 0 spiro atoms. The fourth-order valence-corrected chi connectivity index (χ4v) is 2.76. The molecule has 1 rings (SSSR count). The van der Waals surface area contributed by atoms with Crippen molar-refractivity contribution < 1.29 is 5.11 Å². The Hall–Kier alpha value is -1.70. The molecular formula is C23H32O. The van der Waals surface area contributed by atoms with Crippen molar-refractivity contribution in [3.63, 3.8) is 0 Å². The summed E-state index contributed by atoms with van der Waals surface area (Å²) in [7, 11) is 0. The summed E-state index contributed by atoms with van der Waals surface area (Å²) in [4.78, 5) is 0. The Morgan fingerprint density at radius 1 is 0.875 bits per heavy atom. The Kier molecular flexibility index (Phi) is 11.6. The van der Waals surface area contributed by atoms with E-state index in [2.05, 4.69) is 36.8 Å². The second-order valence-corrected chi connectivity index (χ2v) is 6.47. The molecule has 0 bridgehead atoms. The Balaban J connectivity index is 2.09. The Bertz CT molecular complexity index is 524. The molecule has 0 saturated carbocycles. The molecule has 0 aliphatic heterocycles. The van der Waals surface area contributed by atoms with Gasteiger partial charge in [-0.1, -0.05) is 94.6 Å². The number of hydrogen-bond donors (Lipinski definition) is 1. The summed E-state index contributed by atoms with van der Waals surface area (Å²) < 4.78 is 0. The molecule has 1 heteroatoms. The fraction of sp³-hybridized carbons (Fsp3) is 0.565. The molecule has 24 heavy (non-hydrogen) atoms. The zero-order chi connectivity index (χ0) is 17.5. The van der Waals surface area contributed by atoms with E-state index >= 15 is 0 Å². The quantitative estimate of drug-likeness (QED) is 0.421. The van der Waals surface area contributed by atoms with Gasteiger partial charge in [-0.2, -0.15) is 0 Å². The topological polar surface area (TPSA) is 20.2 Å². The highest BCUT2D eigenvalue weighted by atomic mass is 16.3. The number of aryl methyl sites for hydroxylation is 1. The fourth-order valence-electron chi connectivity index (χ4n) is 2.76. The van der Waals surface area contributed by atoms with Crippen LogP contribution in [0.3, 0.4) is 0 Å². The second kappa shape index (κ2) is 13.7. The zero-order valence-corrected chi connectivity index (χ0v) is 15.2. The predicted molar refractivity (Wildman–Crippen MR) is 104 cm³/mol. The largest absolute Gasteiger partial charge is 0.369 e. The summed E-state index contributed by atoms with van der Waals surface area (Å²) in [5.74, 6) is 7.70. The average Bonchev–Trinajstić information content (AvgIpc) is 2.62. The molecular weight excluding hydrogens is 292 g/mol. The maximum atomic E-state index is 9.22. The van der Waals surface area contributed by atoms with Crippen LogP contribution in [0.2, 0.25) is 0 Å².